The third kappa shape index (κ3) is 6.24. The highest BCUT2D eigenvalue weighted by Crippen LogP contribution is 2.25. The van der Waals surface area contributed by atoms with Crippen LogP contribution in [0, 0.1) is 0 Å². The molecule has 0 aromatic heterocycles. The minimum atomic E-state index is -0.0724. The number of carbonyl (C=O) groups excluding carboxylic acids is 1. The van der Waals surface area contributed by atoms with Crippen molar-refractivity contribution in [1.82, 2.24) is 10.2 Å². The molecule has 0 fully saturated rings. The molecular formula is C17H28N2O3. The first-order chi connectivity index (χ1) is 10.7. The molecule has 0 atom stereocenters. The molecule has 0 bridgehead atoms. The standard InChI is InChI=1S/C17H28N2O3/c1-4-6-12-19(13-7-5-2)17(20)18-14-22-16-11-9-8-10-15(16)21-3/h8-11H,4-7,12-14H2,1-3H3,(H,18,20). The molecule has 0 saturated heterocycles. The Bertz CT molecular complexity index is 430. The summed E-state index contributed by atoms with van der Waals surface area (Å²) in [5.41, 5.74) is 0. The number of unbranched alkanes of at least 4 members (excludes halogenated alkanes) is 2. The Morgan fingerprint density at radius 1 is 1.09 bits per heavy atom. The van der Waals surface area contributed by atoms with E-state index >= 15 is 0 Å². The highest BCUT2D eigenvalue weighted by molar-refractivity contribution is 5.74. The number of carbonyl (C=O) groups is 1. The Morgan fingerprint density at radius 3 is 2.23 bits per heavy atom. The van der Waals surface area contributed by atoms with Gasteiger partial charge >= 0.3 is 6.03 Å². The Morgan fingerprint density at radius 2 is 1.68 bits per heavy atom. The van der Waals surface area contributed by atoms with E-state index in [1.807, 2.05) is 29.2 Å². The fraction of sp³-hybridized carbons (Fsp3) is 0.588. The molecule has 0 spiro atoms. The summed E-state index contributed by atoms with van der Waals surface area (Å²) in [5, 5.41) is 2.81. The number of urea groups is 1. The number of methoxy groups -OCH3 is 1. The van der Waals surface area contributed by atoms with Gasteiger partial charge in [0.05, 0.1) is 7.11 Å². The van der Waals surface area contributed by atoms with Crippen LogP contribution in [-0.2, 0) is 0 Å². The predicted molar refractivity (Wildman–Crippen MR) is 88.4 cm³/mol. The average Bonchev–Trinajstić information content (AvgIpc) is 2.55. The second-order valence-electron chi connectivity index (χ2n) is 5.12. The van der Waals surface area contributed by atoms with Gasteiger partial charge in [-0.05, 0) is 25.0 Å². The van der Waals surface area contributed by atoms with Crippen LogP contribution in [0.15, 0.2) is 24.3 Å². The molecule has 0 heterocycles. The second-order valence-corrected chi connectivity index (χ2v) is 5.12. The van der Waals surface area contributed by atoms with Gasteiger partial charge in [-0.3, -0.25) is 0 Å². The van der Waals surface area contributed by atoms with Crippen LogP contribution in [0.25, 0.3) is 0 Å². The lowest BCUT2D eigenvalue weighted by atomic mass is 10.3. The SMILES string of the molecule is CCCCN(CCCC)C(=O)NCOc1ccccc1OC. The first kappa shape index (κ1) is 18.1. The molecule has 0 saturated carbocycles. The van der Waals surface area contributed by atoms with E-state index in [9.17, 15) is 4.79 Å². The van der Waals surface area contributed by atoms with Gasteiger partial charge in [-0.2, -0.15) is 0 Å². The molecule has 1 aromatic carbocycles. The number of hydrogen-bond donors (Lipinski definition) is 1. The zero-order valence-electron chi connectivity index (χ0n) is 13.9. The van der Waals surface area contributed by atoms with Gasteiger partial charge in [-0.25, -0.2) is 4.79 Å². The smallest absolute Gasteiger partial charge is 0.320 e. The molecule has 2 amide bonds. The van der Waals surface area contributed by atoms with Gasteiger partial charge in [0.15, 0.2) is 18.2 Å². The number of benzene rings is 1. The third-order valence-corrected chi connectivity index (χ3v) is 3.37. The van der Waals surface area contributed by atoms with Crippen molar-refractivity contribution in [1.29, 1.82) is 0 Å². The van der Waals surface area contributed by atoms with E-state index in [1.165, 1.54) is 0 Å². The van der Waals surface area contributed by atoms with Crippen LogP contribution in [0.5, 0.6) is 11.5 Å². The van der Waals surface area contributed by atoms with Crippen molar-refractivity contribution in [2.75, 3.05) is 26.9 Å². The predicted octanol–water partition coefficient (Wildman–Crippen LogP) is 3.64. The molecule has 22 heavy (non-hydrogen) atoms. The van der Waals surface area contributed by atoms with Gasteiger partial charge in [0, 0.05) is 13.1 Å². The summed E-state index contributed by atoms with van der Waals surface area (Å²) in [6.45, 7) is 5.96. The largest absolute Gasteiger partial charge is 0.493 e. The first-order valence-corrected chi connectivity index (χ1v) is 8.01. The number of ether oxygens (including phenoxy) is 2. The third-order valence-electron chi connectivity index (χ3n) is 3.37. The van der Waals surface area contributed by atoms with Crippen molar-refractivity contribution >= 4 is 6.03 Å². The van der Waals surface area contributed by atoms with Gasteiger partial charge in [0.1, 0.15) is 0 Å². The summed E-state index contributed by atoms with van der Waals surface area (Å²) in [4.78, 5) is 14.1. The monoisotopic (exact) mass is 308 g/mol. The summed E-state index contributed by atoms with van der Waals surface area (Å²) in [5.74, 6) is 1.28. The Kier molecular flexibility index (Phi) is 8.88. The molecule has 5 heteroatoms. The highest BCUT2D eigenvalue weighted by atomic mass is 16.5. The highest BCUT2D eigenvalue weighted by Gasteiger charge is 2.12. The molecule has 1 N–H and O–H groups in total. The lowest BCUT2D eigenvalue weighted by Crippen LogP contribution is -2.42. The maximum absolute atomic E-state index is 12.2. The van der Waals surface area contributed by atoms with E-state index in [0.717, 1.165) is 38.8 Å². The normalized spacial score (nSPS) is 10.1. The van der Waals surface area contributed by atoms with Crippen molar-refractivity contribution in [3.05, 3.63) is 24.3 Å². The van der Waals surface area contributed by atoms with Crippen molar-refractivity contribution in [3.63, 3.8) is 0 Å². The van der Waals surface area contributed by atoms with Crippen molar-refractivity contribution < 1.29 is 14.3 Å². The number of nitrogens with one attached hydrogen (secondary N) is 1. The van der Waals surface area contributed by atoms with Crippen LogP contribution in [0.3, 0.4) is 0 Å². The Balaban J connectivity index is 2.44. The van der Waals surface area contributed by atoms with Gasteiger partial charge in [0.2, 0.25) is 0 Å². The van der Waals surface area contributed by atoms with Gasteiger partial charge < -0.3 is 19.7 Å². The zero-order valence-corrected chi connectivity index (χ0v) is 13.9. The molecule has 124 valence electrons. The minimum absolute atomic E-state index is 0.0724. The summed E-state index contributed by atoms with van der Waals surface area (Å²) in [6, 6.07) is 7.32. The quantitative estimate of drug-likeness (QED) is 0.671. The van der Waals surface area contributed by atoms with Crippen molar-refractivity contribution in [2.45, 2.75) is 39.5 Å². The summed E-state index contributed by atoms with van der Waals surface area (Å²) >= 11 is 0. The Hall–Kier alpha value is -1.91. The molecule has 0 aliphatic heterocycles. The molecular weight excluding hydrogens is 280 g/mol. The molecule has 1 aromatic rings. The van der Waals surface area contributed by atoms with E-state index in [-0.39, 0.29) is 12.8 Å². The van der Waals surface area contributed by atoms with Crippen molar-refractivity contribution in [3.8, 4) is 11.5 Å². The number of rotatable bonds is 10. The van der Waals surface area contributed by atoms with E-state index < -0.39 is 0 Å². The zero-order chi connectivity index (χ0) is 16.2. The first-order valence-electron chi connectivity index (χ1n) is 8.01. The molecule has 0 unspecified atom stereocenters. The van der Waals surface area contributed by atoms with Crippen LogP contribution in [0.4, 0.5) is 4.79 Å². The number of para-hydroxylation sites is 2. The van der Waals surface area contributed by atoms with Gasteiger partial charge in [-0.1, -0.05) is 38.8 Å². The van der Waals surface area contributed by atoms with E-state index in [0.29, 0.717) is 11.5 Å². The number of amides is 2. The van der Waals surface area contributed by atoms with E-state index in [4.69, 9.17) is 9.47 Å². The minimum Gasteiger partial charge on any atom is -0.493 e. The lowest BCUT2D eigenvalue weighted by Gasteiger charge is -2.23. The van der Waals surface area contributed by atoms with Crippen LogP contribution in [0.1, 0.15) is 39.5 Å². The number of nitrogens with zero attached hydrogens (tertiary/aromatic N) is 1. The summed E-state index contributed by atoms with van der Waals surface area (Å²) in [6.07, 6.45) is 4.19. The second kappa shape index (κ2) is 10.8. The molecule has 0 aliphatic carbocycles. The lowest BCUT2D eigenvalue weighted by molar-refractivity contribution is 0.181. The van der Waals surface area contributed by atoms with Crippen LogP contribution in [0.2, 0.25) is 0 Å². The molecule has 0 radical (unpaired) electrons. The van der Waals surface area contributed by atoms with E-state index in [2.05, 4.69) is 19.2 Å². The summed E-state index contributed by atoms with van der Waals surface area (Å²) in [7, 11) is 1.60. The van der Waals surface area contributed by atoms with E-state index in [1.54, 1.807) is 7.11 Å². The number of hydrogen-bond acceptors (Lipinski definition) is 3. The van der Waals surface area contributed by atoms with Gasteiger partial charge in [0.25, 0.3) is 0 Å². The van der Waals surface area contributed by atoms with Crippen LogP contribution >= 0.6 is 0 Å². The molecule has 0 aliphatic rings. The van der Waals surface area contributed by atoms with Crippen LogP contribution < -0.4 is 14.8 Å². The van der Waals surface area contributed by atoms with Crippen LogP contribution in [-0.4, -0.2) is 37.9 Å². The fourth-order valence-electron chi connectivity index (χ4n) is 2.04. The Labute approximate surface area is 133 Å². The van der Waals surface area contributed by atoms with Crippen molar-refractivity contribution in [2.24, 2.45) is 0 Å². The maximum atomic E-state index is 12.2. The van der Waals surface area contributed by atoms with Gasteiger partial charge in [-0.15, -0.1) is 0 Å². The average molecular weight is 308 g/mol. The summed E-state index contributed by atoms with van der Waals surface area (Å²) < 4.78 is 10.8. The molecule has 5 nitrogen and oxygen atoms in total. The fourth-order valence-corrected chi connectivity index (χ4v) is 2.04. The topological polar surface area (TPSA) is 50.8 Å². The maximum Gasteiger partial charge on any atom is 0.320 e. The molecule has 1 rings (SSSR count).